The standard InChI is InChI=1S/C21H20N6O3S/c1-14-11-18(16-3-2-4-17(27(29)30)20(16)22-14)25-7-5-24(6-8-25)13-15-12-19(28)26-9-10-31-21(26)23-15/h2-4,9-12H,5-8,13H2,1H3. The van der Waals surface area contributed by atoms with Crippen molar-refractivity contribution >= 4 is 38.6 Å². The van der Waals surface area contributed by atoms with Gasteiger partial charge in [0.15, 0.2) is 10.5 Å². The Morgan fingerprint density at radius 1 is 1.16 bits per heavy atom. The fourth-order valence-electron chi connectivity index (χ4n) is 4.09. The number of hydrogen-bond donors (Lipinski definition) is 0. The predicted molar refractivity (Wildman–Crippen MR) is 120 cm³/mol. The summed E-state index contributed by atoms with van der Waals surface area (Å²) in [5.41, 5.74) is 2.92. The summed E-state index contributed by atoms with van der Waals surface area (Å²) < 4.78 is 1.56. The van der Waals surface area contributed by atoms with Crippen LogP contribution in [0, 0.1) is 17.0 Å². The Balaban J connectivity index is 1.37. The Morgan fingerprint density at radius 3 is 2.74 bits per heavy atom. The predicted octanol–water partition coefficient (Wildman–Crippen LogP) is 2.84. The van der Waals surface area contributed by atoms with E-state index < -0.39 is 0 Å². The number of fused-ring (bicyclic) bond motifs is 2. The van der Waals surface area contributed by atoms with Crippen molar-refractivity contribution in [3.8, 4) is 0 Å². The minimum atomic E-state index is -0.379. The zero-order valence-electron chi connectivity index (χ0n) is 16.9. The number of nitrogens with zero attached hydrogens (tertiary/aromatic N) is 6. The van der Waals surface area contributed by atoms with Gasteiger partial charge in [0.05, 0.1) is 10.6 Å². The van der Waals surface area contributed by atoms with Crippen molar-refractivity contribution in [3.05, 3.63) is 73.8 Å². The van der Waals surface area contributed by atoms with Crippen LogP contribution in [0.4, 0.5) is 11.4 Å². The van der Waals surface area contributed by atoms with E-state index >= 15 is 0 Å². The van der Waals surface area contributed by atoms with Crippen molar-refractivity contribution in [3.63, 3.8) is 0 Å². The number of piperazine rings is 1. The maximum atomic E-state index is 12.2. The molecule has 1 aromatic carbocycles. The number of nitro benzene ring substituents is 1. The van der Waals surface area contributed by atoms with Crippen molar-refractivity contribution < 1.29 is 4.92 Å². The summed E-state index contributed by atoms with van der Waals surface area (Å²) in [7, 11) is 0. The molecular formula is C21H20N6O3S. The third-order valence-corrected chi connectivity index (χ3v) is 6.33. The first-order chi connectivity index (χ1) is 15.0. The van der Waals surface area contributed by atoms with E-state index in [1.165, 1.54) is 17.4 Å². The second-order valence-corrected chi connectivity index (χ2v) is 8.49. The molecule has 4 heterocycles. The second kappa shape index (κ2) is 7.71. The number of nitro groups is 1. The largest absolute Gasteiger partial charge is 0.368 e. The summed E-state index contributed by atoms with van der Waals surface area (Å²) in [5.74, 6) is 0. The molecule has 31 heavy (non-hydrogen) atoms. The maximum absolute atomic E-state index is 12.2. The molecule has 1 fully saturated rings. The molecule has 1 aliphatic heterocycles. The van der Waals surface area contributed by atoms with Gasteiger partial charge >= 0.3 is 0 Å². The Labute approximate surface area is 181 Å². The van der Waals surface area contributed by atoms with Gasteiger partial charge in [0.2, 0.25) is 0 Å². The number of aromatic nitrogens is 3. The highest BCUT2D eigenvalue weighted by molar-refractivity contribution is 7.15. The van der Waals surface area contributed by atoms with Gasteiger partial charge < -0.3 is 4.90 Å². The Bertz CT molecular complexity index is 1360. The molecule has 4 aromatic rings. The van der Waals surface area contributed by atoms with Crippen molar-refractivity contribution in [1.82, 2.24) is 19.3 Å². The average molecular weight is 436 g/mol. The summed E-state index contributed by atoms with van der Waals surface area (Å²) in [6.45, 7) is 5.66. The summed E-state index contributed by atoms with van der Waals surface area (Å²) in [5, 5.41) is 14.1. The van der Waals surface area contributed by atoms with Crippen LogP contribution in [0.25, 0.3) is 15.9 Å². The number of thiazole rings is 1. The molecule has 0 saturated carbocycles. The fourth-order valence-corrected chi connectivity index (χ4v) is 4.83. The molecule has 0 bridgehead atoms. The maximum Gasteiger partial charge on any atom is 0.295 e. The lowest BCUT2D eigenvalue weighted by molar-refractivity contribution is -0.383. The summed E-state index contributed by atoms with van der Waals surface area (Å²) in [6, 6.07) is 8.70. The number of aryl methyl sites for hydroxylation is 1. The molecule has 0 radical (unpaired) electrons. The molecule has 3 aromatic heterocycles. The van der Waals surface area contributed by atoms with Gasteiger partial charge in [-0.2, -0.15) is 0 Å². The van der Waals surface area contributed by atoms with E-state index in [2.05, 4.69) is 19.8 Å². The Morgan fingerprint density at radius 2 is 1.97 bits per heavy atom. The van der Waals surface area contributed by atoms with Crippen LogP contribution < -0.4 is 10.5 Å². The molecule has 0 amide bonds. The van der Waals surface area contributed by atoms with Crippen LogP contribution in [0.15, 0.2) is 46.7 Å². The highest BCUT2D eigenvalue weighted by Crippen LogP contribution is 2.32. The number of non-ortho nitro benzene ring substituents is 1. The van der Waals surface area contributed by atoms with Gasteiger partial charge in [0.1, 0.15) is 0 Å². The minimum absolute atomic E-state index is 0.0300. The van der Waals surface area contributed by atoms with Crippen LogP contribution in [0.5, 0.6) is 0 Å². The molecule has 10 heteroatoms. The van der Waals surface area contributed by atoms with E-state index in [4.69, 9.17) is 0 Å². The first kappa shape index (κ1) is 19.6. The first-order valence-electron chi connectivity index (χ1n) is 9.97. The molecular weight excluding hydrogens is 416 g/mol. The fraction of sp³-hybridized carbons (Fsp3) is 0.286. The number of anilines is 1. The highest BCUT2D eigenvalue weighted by Gasteiger charge is 2.22. The monoisotopic (exact) mass is 436 g/mol. The van der Waals surface area contributed by atoms with Crippen LogP contribution in [-0.4, -0.2) is 50.4 Å². The lowest BCUT2D eigenvalue weighted by atomic mass is 10.1. The van der Waals surface area contributed by atoms with Gasteiger partial charge in [-0.3, -0.25) is 24.2 Å². The van der Waals surface area contributed by atoms with Crippen molar-refractivity contribution in [1.29, 1.82) is 0 Å². The minimum Gasteiger partial charge on any atom is -0.368 e. The summed E-state index contributed by atoms with van der Waals surface area (Å²) in [6.07, 6.45) is 1.74. The Kier molecular flexibility index (Phi) is 4.87. The van der Waals surface area contributed by atoms with Crippen molar-refractivity contribution in [2.75, 3.05) is 31.1 Å². The van der Waals surface area contributed by atoms with E-state index in [1.54, 1.807) is 22.7 Å². The topological polar surface area (TPSA) is 96.9 Å². The van der Waals surface area contributed by atoms with Gasteiger partial charge in [-0.25, -0.2) is 9.97 Å². The third kappa shape index (κ3) is 3.64. The number of rotatable bonds is 4. The van der Waals surface area contributed by atoms with Crippen molar-refractivity contribution in [2.24, 2.45) is 0 Å². The zero-order chi connectivity index (χ0) is 21.5. The van der Waals surface area contributed by atoms with Gasteiger partial charge in [0.25, 0.3) is 11.2 Å². The van der Waals surface area contributed by atoms with Crippen LogP contribution in [0.3, 0.4) is 0 Å². The van der Waals surface area contributed by atoms with Gasteiger partial charge in [-0.15, -0.1) is 11.3 Å². The SMILES string of the molecule is Cc1cc(N2CCN(Cc3cc(=O)n4ccsc4n3)CC2)c2cccc([N+](=O)[O-])c2n1. The normalized spacial score (nSPS) is 15.1. The zero-order valence-corrected chi connectivity index (χ0v) is 17.7. The number of benzene rings is 1. The van der Waals surface area contributed by atoms with E-state index in [-0.39, 0.29) is 16.2 Å². The highest BCUT2D eigenvalue weighted by atomic mass is 32.1. The van der Waals surface area contributed by atoms with Gasteiger partial charge in [0, 0.05) is 73.2 Å². The molecule has 9 nitrogen and oxygen atoms in total. The third-order valence-electron chi connectivity index (χ3n) is 5.58. The van der Waals surface area contributed by atoms with Gasteiger partial charge in [-0.05, 0) is 13.0 Å². The van der Waals surface area contributed by atoms with Gasteiger partial charge in [-0.1, -0.05) is 12.1 Å². The van der Waals surface area contributed by atoms with E-state index in [0.29, 0.717) is 17.0 Å². The first-order valence-corrected chi connectivity index (χ1v) is 10.9. The molecule has 0 atom stereocenters. The van der Waals surface area contributed by atoms with Crippen LogP contribution in [0.1, 0.15) is 11.4 Å². The molecule has 0 N–H and O–H groups in total. The van der Waals surface area contributed by atoms with Crippen LogP contribution in [-0.2, 0) is 6.54 Å². The number of hydrogen-bond acceptors (Lipinski definition) is 8. The van der Waals surface area contributed by atoms with Crippen molar-refractivity contribution in [2.45, 2.75) is 13.5 Å². The molecule has 158 valence electrons. The number of pyridine rings is 1. The average Bonchev–Trinajstić information content (AvgIpc) is 3.22. The Hall–Kier alpha value is -3.37. The molecule has 5 rings (SSSR count). The van der Waals surface area contributed by atoms with Crippen LogP contribution in [0.2, 0.25) is 0 Å². The lowest BCUT2D eigenvalue weighted by Gasteiger charge is -2.36. The molecule has 1 aliphatic rings. The molecule has 0 aliphatic carbocycles. The quantitative estimate of drug-likeness (QED) is 0.358. The molecule has 1 saturated heterocycles. The van der Waals surface area contributed by atoms with E-state index in [1.807, 2.05) is 24.4 Å². The number of para-hydroxylation sites is 1. The van der Waals surface area contributed by atoms with Crippen LogP contribution >= 0.6 is 11.3 Å². The molecule has 0 unspecified atom stereocenters. The summed E-state index contributed by atoms with van der Waals surface area (Å²) in [4.78, 5) is 37.6. The van der Waals surface area contributed by atoms with E-state index in [9.17, 15) is 14.9 Å². The van der Waals surface area contributed by atoms with E-state index in [0.717, 1.165) is 48.6 Å². The smallest absolute Gasteiger partial charge is 0.295 e. The second-order valence-electron chi connectivity index (χ2n) is 7.62. The molecule has 0 spiro atoms. The summed E-state index contributed by atoms with van der Waals surface area (Å²) >= 11 is 1.45. The lowest BCUT2D eigenvalue weighted by Crippen LogP contribution is -2.46.